The Morgan fingerprint density at radius 2 is 2.00 bits per heavy atom. The van der Waals surface area contributed by atoms with Crippen LogP contribution in [0.2, 0.25) is 0 Å². The van der Waals surface area contributed by atoms with Gasteiger partial charge in [-0.15, -0.1) is 0 Å². The highest BCUT2D eigenvalue weighted by atomic mass is 16.5. The van der Waals surface area contributed by atoms with Gasteiger partial charge in [0.05, 0.1) is 12.3 Å². The molecule has 2 atom stereocenters. The molecule has 0 aromatic carbocycles. The van der Waals surface area contributed by atoms with Crippen molar-refractivity contribution in [2.24, 2.45) is 0 Å². The van der Waals surface area contributed by atoms with Gasteiger partial charge in [0.2, 0.25) is 0 Å². The minimum absolute atomic E-state index is 0.196. The maximum Gasteiger partial charge on any atom is 0.327 e. The van der Waals surface area contributed by atoms with Crippen molar-refractivity contribution in [3.05, 3.63) is 17.0 Å². The zero-order chi connectivity index (χ0) is 17.3. The second kappa shape index (κ2) is 7.23. The Morgan fingerprint density at radius 1 is 1.33 bits per heavy atom. The Labute approximate surface area is 144 Å². The van der Waals surface area contributed by atoms with Crippen LogP contribution in [-0.2, 0) is 22.6 Å². The van der Waals surface area contributed by atoms with E-state index in [2.05, 4.69) is 29.3 Å². The maximum atomic E-state index is 11.7. The molecule has 2 fully saturated rings. The van der Waals surface area contributed by atoms with Crippen molar-refractivity contribution < 1.29 is 9.53 Å². The van der Waals surface area contributed by atoms with Gasteiger partial charge in [-0.05, 0) is 53.5 Å². The molecule has 3 heterocycles. The average Bonchev–Trinajstić information content (AvgIpc) is 3.00. The highest BCUT2D eigenvalue weighted by molar-refractivity contribution is 5.69. The predicted molar refractivity (Wildman–Crippen MR) is 92.8 cm³/mol. The van der Waals surface area contributed by atoms with Crippen molar-refractivity contribution in [1.82, 2.24) is 20.0 Å². The molecular formula is C18H30N4O2. The van der Waals surface area contributed by atoms with Crippen LogP contribution in [-0.4, -0.2) is 52.4 Å². The van der Waals surface area contributed by atoms with E-state index in [1.807, 2.05) is 13.8 Å². The minimum atomic E-state index is -0.224. The van der Waals surface area contributed by atoms with Crippen LogP contribution in [0.25, 0.3) is 0 Å². The van der Waals surface area contributed by atoms with Gasteiger partial charge in [-0.3, -0.25) is 14.4 Å². The normalized spacial score (nSPS) is 26.1. The summed E-state index contributed by atoms with van der Waals surface area (Å²) >= 11 is 0. The maximum absolute atomic E-state index is 11.7. The largest absolute Gasteiger partial charge is 0.465 e. The fraction of sp³-hybridized carbons (Fsp3) is 0.778. The minimum Gasteiger partial charge on any atom is -0.465 e. The SMILES string of the molecule is CCOC(=O)Cn1nc(C)c(CN(C)C2CC3CCC(C2)N3)c1C. The van der Waals surface area contributed by atoms with Crippen LogP contribution in [0.4, 0.5) is 0 Å². The van der Waals surface area contributed by atoms with E-state index in [4.69, 9.17) is 4.74 Å². The molecule has 134 valence electrons. The molecule has 0 aliphatic carbocycles. The van der Waals surface area contributed by atoms with Crippen molar-refractivity contribution in [2.45, 2.75) is 77.7 Å². The summed E-state index contributed by atoms with van der Waals surface area (Å²) in [7, 11) is 2.22. The number of nitrogens with zero attached hydrogens (tertiary/aromatic N) is 3. The zero-order valence-corrected chi connectivity index (χ0v) is 15.3. The third-order valence-electron chi connectivity index (χ3n) is 5.59. The van der Waals surface area contributed by atoms with Gasteiger partial charge in [0, 0.05) is 35.9 Å². The van der Waals surface area contributed by atoms with E-state index in [9.17, 15) is 4.79 Å². The summed E-state index contributed by atoms with van der Waals surface area (Å²) in [6.45, 7) is 7.40. The topological polar surface area (TPSA) is 59.4 Å². The van der Waals surface area contributed by atoms with E-state index in [0.29, 0.717) is 24.7 Å². The molecule has 1 N–H and O–H groups in total. The number of rotatable bonds is 6. The smallest absolute Gasteiger partial charge is 0.327 e. The lowest BCUT2D eigenvalue weighted by molar-refractivity contribution is -0.144. The molecule has 6 nitrogen and oxygen atoms in total. The summed E-state index contributed by atoms with van der Waals surface area (Å²) < 4.78 is 6.82. The molecule has 2 saturated heterocycles. The van der Waals surface area contributed by atoms with Gasteiger partial charge in [-0.1, -0.05) is 0 Å². The molecule has 2 bridgehead atoms. The number of hydrogen-bond donors (Lipinski definition) is 1. The monoisotopic (exact) mass is 334 g/mol. The molecule has 1 aromatic rings. The number of nitrogens with one attached hydrogen (secondary N) is 1. The van der Waals surface area contributed by atoms with E-state index < -0.39 is 0 Å². The molecule has 3 rings (SSSR count). The first-order valence-electron chi connectivity index (χ1n) is 9.12. The quantitative estimate of drug-likeness (QED) is 0.804. The number of piperidine rings is 1. The highest BCUT2D eigenvalue weighted by Gasteiger charge is 2.35. The van der Waals surface area contributed by atoms with E-state index >= 15 is 0 Å². The summed E-state index contributed by atoms with van der Waals surface area (Å²) in [6, 6.07) is 2.03. The molecular weight excluding hydrogens is 304 g/mol. The first kappa shape index (κ1) is 17.4. The Hall–Kier alpha value is -1.40. The molecule has 2 unspecified atom stereocenters. The highest BCUT2D eigenvalue weighted by Crippen LogP contribution is 2.30. The van der Waals surface area contributed by atoms with Crippen LogP contribution < -0.4 is 5.32 Å². The average molecular weight is 334 g/mol. The molecule has 24 heavy (non-hydrogen) atoms. The molecule has 1 aromatic heterocycles. The fourth-order valence-electron chi connectivity index (χ4n) is 4.21. The van der Waals surface area contributed by atoms with Gasteiger partial charge in [-0.2, -0.15) is 5.10 Å². The number of carbonyl (C=O) groups excluding carboxylic acids is 1. The summed E-state index contributed by atoms with van der Waals surface area (Å²) in [4.78, 5) is 14.2. The third-order valence-corrected chi connectivity index (χ3v) is 5.59. The summed E-state index contributed by atoms with van der Waals surface area (Å²) in [5.74, 6) is -0.224. The Bertz CT molecular complexity index is 586. The lowest BCUT2D eigenvalue weighted by Crippen LogP contribution is -2.46. The second-order valence-electron chi connectivity index (χ2n) is 7.29. The number of ether oxygens (including phenoxy) is 1. The zero-order valence-electron chi connectivity index (χ0n) is 15.3. The predicted octanol–water partition coefficient (Wildman–Crippen LogP) is 1.78. The lowest BCUT2D eigenvalue weighted by Gasteiger charge is -2.35. The van der Waals surface area contributed by atoms with Crippen LogP contribution in [0, 0.1) is 13.8 Å². The Kier molecular flexibility index (Phi) is 5.25. The van der Waals surface area contributed by atoms with Crippen LogP contribution in [0.15, 0.2) is 0 Å². The fourth-order valence-corrected chi connectivity index (χ4v) is 4.21. The number of aromatic nitrogens is 2. The van der Waals surface area contributed by atoms with Crippen LogP contribution in [0.5, 0.6) is 0 Å². The summed E-state index contributed by atoms with van der Waals surface area (Å²) in [5.41, 5.74) is 3.33. The summed E-state index contributed by atoms with van der Waals surface area (Å²) in [5, 5.41) is 8.25. The van der Waals surface area contributed by atoms with Gasteiger partial charge in [0.25, 0.3) is 0 Å². The number of carbonyl (C=O) groups is 1. The van der Waals surface area contributed by atoms with Crippen molar-refractivity contribution in [1.29, 1.82) is 0 Å². The Morgan fingerprint density at radius 3 is 2.62 bits per heavy atom. The second-order valence-corrected chi connectivity index (χ2v) is 7.29. The van der Waals surface area contributed by atoms with Gasteiger partial charge >= 0.3 is 5.97 Å². The Balaban J connectivity index is 1.66. The van der Waals surface area contributed by atoms with Crippen molar-refractivity contribution in [3.8, 4) is 0 Å². The number of fused-ring (bicyclic) bond motifs is 2. The first-order chi connectivity index (χ1) is 11.5. The number of hydrogen-bond acceptors (Lipinski definition) is 5. The third kappa shape index (κ3) is 3.64. The van der Waals surface area contributed by atoms with Gasteiger partial charge in [-0.25, -0.2) is 0 Å². The van der Waals surface area contributed by atoms with Crippen LogP contribution >= 0.6 is 0 Å². The van der Waals surface area contributed by atoms with Crippen molar-refractivity contribution in [2.75, 3.05) is 13.7 Å². The van der Waals surface area contributed by atoms with Gasteiger partial charge < -0.3 is 10.1 Å². The molecule has 6 heteroatoms. The molecule has 0 spiro atoms. The lowest BCUT2D eigenvalue weighted by atomic mass is 9.98. The van der Waals surface area contributed by atoms with Crippen LogP contribution in [0.3, 0.4) is 0 Å². The van der Waals surface area contributed by atoms with E-state index in [1.165, 1.54) is 31.2 Å². The summed E-state index contributed by atoms with van der Waals surface area (Å²) in [6.07, 6.45) is 5.12. The van der Waals surface area contributed by atoms with Gasteiger partial charge in [0.15, 0.2) is 0 Å². The van der Waals surface area contributed by atoms with Crippen LogP contribution in [0.1, 0.15) is 49.6 Å². The van der Waals surface area contributed by atoms with E-state index in [0.717, 1.165) is 17.9 Å². The van der Waals surface area contributed by atoms with Gasteiger partial charge in [0.1, 0.15) is 6.54 Å². The first-order valence-corrected chi connectivity index (χ1v) is 9.12. The molecule has 0 saturated carbocycles. The molecule has 2 aliphatic rings. The standard InChI is InChI=1S/C18H30N4O2/c1-5-24-18(23)11-22-13(3)17(12(2)20-22)10-21(4)16-8-14-6-7-15(9-16)19-14/h14-16,19H,5-11H2,1-4H3. The van der Waals surface area contributed by atoms with Crippen molar-refractivity contribution in [3.63, 3.8) is 0 Å². The van der Waals surface area contributed by atoms with E-state index in [-0.39, 0.29) is 12.5 Å². The molecule has 0 radical (unpaired) electrons. The molecule has 0 amide bonds. The molecule has 2 aliphatic heterocycles. The van der Waals surface area contributed by atoms with E-state index in [1.54, 1.807) is 4.68 Å². The number of aryl methyl sites for hydroxylation is 1. The van der Waals surface area contributed by atoms with Crippen molar-refractivity contribution >= 4 is 5.97 Å². The number of esters is 1.